The van der Waals surface area contributed by atoms with Gasteiger partial charge in [0.1, 0.15) is 5.82 Å². The zero-order chi connectivity index (χ0) is 39.1. The number of fused-ring (bicyclic) bond motifs is 4. The van der Waals surface area contributed by atoms with E-state index in [9.17, 15) is 0 Å². The fourth-order valence-corrected chi connectivity index (χ4v) is 12.4. The summed E-state index contributed by atoms with van der Waals surface area (Å²) in [7, 11) is -1.94. The van der Waals surface area contributed by atoms with Gasteiger partial charge in [-0.25, -0.2) is 4.98 Å². The van der Waals surface area contributed by atoms with E-state index >= 15 is 0 Å². The first-order valence-corrected chi connectivity index (χ1v) is 21.0. The zero-order valence-corrected chi connectivity index (χ0v) is 32.7. The fraction of sp³-hybridized carbons (Fsp3) is 0.0189. The second-order valence-corrected chi connectivity index (χ2v) is 17.3. The number of aromatic nitrogens is 4. The Morgan fingerprint density at radius 1 is 0.500 bits per heavy atom. The van der Waals surface area contributed by atoms with Crippen molar-refractivity contribution in [2.75, 3.05) is 0 Å². The van der Waals surface area contributed by atoms with E-state index in [-0.39, 0.29) is 0 Å². The Bertz CT molecular complexity index is 3040. The summed E-state index contributed by atoms with van der Waals surface area (Å²) in [5.74, 6) is 4.05. The highest BCUT2D eigenvalue weighted by atomic mass is 32.3. The molecule has 10 rings (SSSR count). The van der Waals surface area contributed by atoms with Gasteiger partial charge in [0.15, 0.2) is 0 Å². The number of hydrogen-bond donors (Lipinski definition) is 0. The van der Waals surface area contributed by atoms with Crippen LogP contribution in [0.1, 0.15) is 11.3 Å². The summed E-state index contributed by atoms with van der Waals surface area (Å²) in [6, 6.07) is 69.4. The number of benzene rings is 7. The van der Waals surface area contributed by atoms with Gasteiger partial charge in [0, 0.05) is 47.4 Å². The van der Waals surface area contributed by atoms with Crippen LogP contribution in [0.15, 0.2) is 220 Å². The van der Waals surface area contributed by atoms with Crippen LogP contribution in [0.25, 0.3) is 61.8 Å². The van der Waals surface area contributed by atoms with Gasteiger partial charge in [0.05, 0.1) is 27.9 Å². The molecule has 0 amide bonds. The third kappa shape index (κ3) is 5.65. The van der Waals surface area contributed by atoms with E-state index in [0.717, 1.165) is 61.0 Å². The molecule has 0 fully saturated rings. The van der Waals surface area contributed by atoms with Gasteiger partial charge in [-0.05, 0) is 91.4 Å². The molecule has 0 N–H and O–H groups in total. The van der Waals surface area contributed by atoms with Crippen LogP contribution in [0, 0.1) is 19.3 Å². The quantitative estimate of drug-likeness (QED) is 0.145. The van der Waals surface area contributed by atoms with Crippen molar-refractivity contribution in [3.8, 4) is 35.4 Å². The second kappa shape index (κ2) is 14.6. The lowest BCUT2D eigenvalue weighted by molar-refractivity contribution is 0.935. The van der Waals surface area contributed by atoms with Gasteiger partial charge < -0.3 is 0 Å². The summed E-state index contributed by atoms with van der Waals surface area (Å²) in [4.78, 5) is 15.9. The molecule has 3 heterocycles. The summed E-state index contributed by atoms with van der Waals surface area (Å²) in [6.45, 7) is 2.15. The summed E-state index contributed by atoms with van der Waals surface area (Å²) in [5.41, 5.74) is 7.05. The first kappa shape index (κ1) is 35.1. The van der Waals surface area contributed by atoms with Crippen molar-refractivity contribution in [2.45, 2.75) is 26.5 Å². The predicted molar refractivity (Wildman–Crippen MR) is 241 cm³/mol. The van der Waals surface area contributed by atoms with Crippen molar-refractivity contribution in [2.24, 2.45) is 0 Å². The SMILES string of the molecule is C#C/C=C\c1c(C)c2ccccc2n1-c1cc(-c2cccc(S(c3ccccc3)(c3ccccc3)c3ccccc3)c2)nc(-n2c3ccccc3c3ccccc32)n1. The molecule has 0 aliphatic carbocycles. The number of allylic oxidation sites excluding steroid dienone is 1. The predicted octanol–water partition coefficient (Wildman–Crippen LogP) is 13.5. The molecule has 0 aliphatic rings. The Kier molecular flexibility index (Phi) is 8.82. The summed E-state index contributed by atoms with van der Waals surface area (Å²) in [5, 5.41) is 3.44. The molecule has 0 saturated heterocycles. The fourth-order valence-electron chi connectivity index (χ4n) is 8.45. The molecule has 5 heteroatoms. The standard InChI is InChI=1S/C53H38N4S/c1-3-4-32-48-38(2)44-29-14-17-33-49(44)56(48)52-37-47(54-53(55-52)57-50-34-18-15-30-45(50)46-31-16-19-35-51(46)57)39-21-20-28-43(36-39)58(40-22-8-5-9-23-40,41-24-10-6-11-25-41)42-26-12-7-13-27-42/h1,4-37H,2H3/b32-4-. The maximum absolute atomic E-state index is 5.81. The third-order valence-corrected chi connectivity index (χ3v) is 14.9. The van der Waals surface area contributed by atoms with Gasteiger partial charge in [0.25, 0.3) is 0 Å². The maximum Gasteiger partial charge on any atom is 0.237 e. The molecule has 0 aliphatic heterocycles. The van der Waals surface area contributed by atoms with E-state index in [1.54, 1.807) is 6.08 Å². The summed E-state index contributed by atoms with van der Waals surface area (Å²) < 4.78 is 4.42. The van der Waals surface area contributed by atoms with Crippen molar-refractivity contribution < 1.29 is 0 Å². The molecule has 10 aromatic rings. The van der Waals surface area contributed by atoms with Crippen LogP contribution in [0.2, 0.25) is 0 Å². The molecule has 0 bridgehead atoms. The van der Waals surface area contributed by atoms with Gasteiger partial charge >= 0.3 is 0 Å². The smallest absolute Gasteiger partial charge is 0.237 e. The zero-order valence-electron chi connectivity index (χ0n) is 31.9. The molecule has 4 nitrogen and oxygen atoms in total. The van der Waals surface area contributed by atoms with Crippen LogP contribution in [-0.2, 0) is 0 Å². The average molecular weight is 763 g/mol. The Morgan fingerprint density at radius 3 is 1.53 bits per heavy atom. The molecule has 58 heavy (non-hydrogen) atoms. The van der Waals surface area contributed by atoms with E-state index in [2.05, 4.69) is 216 Å². The lowest BCUT2D eigenvalue weighted by Gasteiger charge is -2.42. The van der Waals surface area contributed by atoms with E-state index in [4.69, 9.17) is 16.4 Å². The topological polar surface area (TPSA) is 35.6 Å². The normalized spacial score (nSPS) is 12.1. The second-order valence-electron chi connectivity index (χ2n) is 14.2. The Balaban J connectivity index is 1.29. The number of nitrogens with zero attached hydrogens (tertiary/aromatic N) is 4. The van der Waals surface area contributed by atoms with Crippen molar-refractivity contribution in [3.63, 3.8) is 0 Å². The lowest BCUT2D eigenvalue weighted by Crippen LogP contribution is -2.09. The van der Waals surface area contributed by atoms with E-state index < -0.39 is 10.0 Å². The first-order valence-electron chi connectivity index (χ1n) is 19.4. The molecule has 0 spiro atoms. The van der Waals surface area contributed by atoms with Gasteiger partial charge in [-0.2, -0.15) is 4.98 Å². The molecule has 0 unspecified atom stereocenters. The van der Waals surface area contributed by atoms with Crippen molar-refractivity contribution >= 4 is 48.8 Å². The van der Waals surface area contributed by atoms with Crippen LogP contribution >= 0.6 is 10.0 Å². The van der Waals surface area contributed by atoms with Gasteiger partial charge in [-0.3, -0.25) is 9.13 Å². The Labute approximate surface area is 339 Å². The highest BCUT2D eigenvalue weighted by molar-refractivity contribution is 8.34. The van der Waals surface area contributed by atoms with Crippen LogP contribution in [-0.4, -0.2) is 19.1 Å². The number of terminal acetylenes is 1. The van der Waals surface area contributed by atoms with E-state index in [0.29, 0.717) is 5.95 Å². The summed E-state index contributed by atoms with van der Waals surface area (Å²) in [6.07, 6.45) is 9.57. The first-order chi connectivity index (χ1) is 28.7. The molecule has 276 valence electrons. The lowest BCUT2D eigenvalue weighted by atomic mass is 10.1. The van der Waals surface area contributed by atoms with E-state index in [1.165, 1.54) is 19.6 Å². The molecule has 0 saturated carbocycles. The van der Waals surface area contributed by atoms with Crippen LogP contribution < -0.4 is 0 Å². The maximum atomic E-state index is 5.81. The minimum atomic E-state index is -1.94. The highest BCUT2D eigenvalue weighted by Crippen LogP contribution is 2.73. The Hall–Kier alpha value is -7.39. The van der Waals surface area contributed by atoms with Crippen LogP contribution in [0.3, 0.4) is 0 Å². The largest absolute Gasteiger partial charge is 0.294 e. The van der Waals surface area contributed by atoms with Crippen molar-refractivity contribution in [1.82, 2.24) is 19.1 Å². The monoisotopic (exact) mass is 762 g/mol. The van der Waals surface area contributed by atoms with Crippen LogP contribution in [0.4, 0.5) is 0 Å². The number of rotatable bonds is 8. The molecule has 0 radical (unpaired) electrons. The molecule has 7 aromatic carbocycles. The van der Waals surface area contributed by atoms with Crippen molar-refractivity contribution in [3.05, 3.63) is 211 Å². The van der Waals surface area contributed by atoms with Crippen LogP contribution in [0.5, 0.6) is 0 Å². The van der Waals surface area contributed by atoms with Gasteiger partial charge in [-0.15, -0.1) is 16.5 Å². The molecular weight excluding hydrogens is 725 g/mol. The molecule has 3 aromatic heterocycles. The average Bonchev–Trinajstić information content (AvgIpc) is 3.78. The van der Waals surface area contributed by atoms with Crippen molar-refractivity contribution in [1.29, 1.82) is 0 Å². The third-order valence-electron chi connectivity index (χ3n) is 11.0. The number of para-hydroxylation sites is 3. The summed E-state index contributed by atoms with van der Waals surface area (Å²) >= 11 is 0. The minimum Gasteiger partial charge on any atom is -0.294 e. The molecule has 0 atom stereocenters. The Morgan fingerprint density at radius 2 is 0.983 bits per heavy atom. The van der Waals surface area contributed by atoms with Gasteiger partial charge in [-0.1, -0.05) is 127 Å². The number of hydrogen-bond acceptors (Lipinski definition) is 2. The van der Waals surface area contributed by atoms with Gasteiger partial charge in [0.2, 0.25) is 5.95 Å². The number of aryl methyl sites for hydroxylation is 1. The van der Waals surface area contributed by atoms with E-state index in [1.807, 2.05) is 6.08 Å². The molecular formula is C53H38N4S. The highest BCUT2D eigenvalue weighted by Gasteiger charge is 2.33. The minimum absolute atomic E-state index is 0.588.